The van der Waals surface area contributed by atoms with Crippen LogP contribution in [0.3, 0.4) is 0 Å². The Kier molecular flexibility index (Phi) is 7.41. The minimum absolute atomic E-state index is 0.0869. The molecule has 1 N–H and O–H groups in total. The van der Waals surface area contributed by atoms with Crippen LogP contribution in [-0.2, 0) is 6.42 Å². The highest BCUT2D eigenvalue weighted by Crippen LogP contribution is 2.52. The predicted molar refractivity (Wildman–Crippen MR) is 114 cm³/mol. The van der Waals surface area contributed by atoms with E-state index in [0.29, 0.717) is 17.0 Å². The Balaban J connectivity index is 0.000000208. The van der Waals surface area contributed by atoms with Gasteiger partial charge in [0.1, 0.15) is 5.69 Å². The summed E-state index contributed by atoms with van der Waals surface area (Å²) in [7, 11) is 0. The quantitative estimate of drug-likeness (QED) is 0.689. The molecule has 1 aliphatic carbocycles. The minimum atomic E-state index is -0.0869. The summed E-state index contributed by atoms with van der Waals surface area (Å²) in [6, 6.07) is 9.06. The molecule has 2 aromatic rings. The number of nitrogens with one attached hydrogen (secondary N) is 1. The number of H-pyrrole nitrogens is 1. The van der Waals surface area contributed by atoms with Gasteiger partial charge >= 0.3 is 0 Å². The number of hydrogen-bond donors (Lipinski definition) is 1. The molecule has 148 valence electrons. The molecule has 3 rings (SSSR count). The number of hydrogen-bond acceptors (Lipinski definition) is 2. The van der Waals surface area contributed by atoms with E-state index in [4.69, 9.17) is 0 Å². The van der Waals surface area contributed by atoms with Gasteiger partial charge in [-0.25, -0.2) is 0 Å². The molecule has 0 fully saturated rings. The molecule has 3 nitrogen and oxygen atoms in total. The van der Waals surface area contributed by atoms with Gasteiger partial charge in [0.15, 0.2) is 0 Å². The van der Waals surface area contributed by atoms with Crippen LogP contribution in [0.4, 0.5) is 0 Å². The van der Waals surface area contributed by atoms with E-state index in [-0.39, 0.29) is 5.56 Å². The smallest absolute Gasteiger partial charge is 0.269 e. The van der Waals surface area contributed by atoms with Crippen molar-refractivity contribution in [2.75, 3.05) is 0 Å². The van der Waals surface area contributed by atoms with E-state index in [2.05, 4.69) is 55.0 Å². The minimum Gasteiger partial charge on any atom is -0.323 e. The Morgan fingerprint density at radius 1 is 1.19 bits per heavy atom. The van der Waals surface area contributed by atoms with Gasteiger partial charge in [0.2, 0.25) is 0 Å². The van der Waals surface area contributed by atoms with E-state index < -0.39 is 0 Å². The maximum atomic E-state index is 11.0. The van der Waals surface area contributed by atoms with E-state index in [0.717, 1.165) is 11.6 Å². The number of aromatic nitrogens is 2. The average Bonchev–Trinajstić information content (AvgIpc) is 2.91. The van der Waals surface area contributed by atoms with Crippen LogP contribution in [0.15, 0.2) is 35.3 Å². The van der Waals surface area contributed by atoms with Crippen molar-refractivity contribution in [3.05, 3.63) is 63.3 Å². The first-order valence-electron chi connectivity index (χ1n) is 10.5. The van der Waals surface area contributed by atoms with Gasteiger partial charge < -0.3 is 4.98 Å². The summed E-state index contributed by atoms with van der Waals surface area (Å²) in [5.41, 5.74) is 5.11. The van der Waals surface area contributed by atoms with E-state index in [1.165, 1.54) is 32.1 Å². The maximum absolute atomic E-state index is 11.0. The summed E-state index contributed by atoms with van der Waals surface area (Å²) in [4.78, 5) is 17.7. The van der Waals surface area contributed by atoms with Crippen LogP contribution >= 0.6 is 0 Å². The highest BCUT2D eigenvalue weighted by atomic mass is 16.1. The number of fused-ring (bicyclic) bond motifs is 1. The second-order valence-corrected chi connectivity index (χ2v) is 8.37. The van der Waals surface area contributed by atoms with Gasteiger partial charge in [0.05, 0.1) is 0 Å². The van der Waals surface area contributed by atoms with Crippen molar-refractivity contribution in [3.8, 4) is 0 Å². The van der Waals surface area contributed by atoms with Gasteiger partial charge in [-0.3, -0.25) is 9.78 Å². The summed E-state index contributed by atoms with van der Waals surface area (Å²) in [5.74, 6) is 1.08. The zero-order chi connectivity index (χ0) is 20.0. The van der Waals surface area contributed by atoms with Gasteiger partial charge in [-0.2, -0.15) is 0 Å². The molecule has 0 bridgehead atoms. The van der Waals surface area contributed by atoms with Gasteiger partial charge in [-0.05, 0) is 54.6 Å². The second-order valence-electron chi connectivity index (χ2n) is 8.37. The molecule has 0 radical (unpaired) electrons. The van der Waals surface area contributed by atoms with Crippen LogP contribution in [0, 0.1) is 12.3 Å². The summed E-state index contributed by atoms with van der Waals surface area (Å²) in [6.45, 7) is 12.8. The lowest BCUT2D eigenvalue weighted by Gasteiger charge is -2.34. The zero-order valence-corrected chi connectivity index (χ0v) is 17.9. The SMILES string of the molecule is CCCC1(CCC)Cc2ccccc2[C@H]1C.Cc1ncc(C(C)C)[nH]c1=O. The first-order valence-corrected chi connectivity index (χ1v) is 10.5. The first kappa shape index (κ1) is 21.4. The number of rotatable bonds is 5. The third-order valence-corrected chi connectivity index (χ3v) is 6.08. The Morgan fingerprint density at radius 2 is 1.81 bits per heavy atom. The van der Waals surface area contributed by atoms with Crippen LogP contribution in [0.25, 0.3) is 0 Å². The molecule has 3 heteroatoms. The Hall–Kier alpha value is -1.90. The first-order chi connectivity index (χ1) is 12.8. The monoisotopic (exact) mass is 368 g/mol. The summed E-state index contributed by atoms with van der Waals surface area (Å²) in [6.07, 6.45) is 8.43. The number of benzene rings is 1. The van der Waals surface area contributed by atoms with Crippen molar-refractivity contribution >= 4 is 0 Å². The highest BCUT2D eigenvalue weighted by molar-refractivity contribution is 5.38. The molecule has 27 heavy (non-hydrogen) atoms. The molecule has 0 saturated heterocycles. The van der Waals surface area contributed by atoms with E-state index >= 15 is 0 Å². The van der Waals surface area contributed by atoms with Crippen molar-refractivity contribution < 1.29 is 0 Å². The molecule has 0 saturated carbocycles. The van der Waals surface area contributed by atoms with Crippen molar-refractivity contribution in [2.24, 2.45) is 5.41 Å². The molecule has 1 aromatic heterocycles. The molecular weight excluding hydrogens is 332 g/mol. The molecule has 1 aromatic carbocycles. The Labute approximate surface area is 164 Å². The van der Waals surface area contributed by atoms with Crippen molar-refractivity contribution in [2.45, 2.75) is 85.5 Å². The zero-order valence-electron chi connectivity index (χ0n) is 17.9. The summed E-state index contributed by atoms with van der Waals surface area (Å²) in [5, 5.41) is 0. The third kappa shape index (κ3) is 4.88. The molecule has 1 aliphatic rings. The average molecular weight is 369 g/mol. The summed E-state index contributed by atoms with van der Waals surface area (Å²) >= 11 is 0. The molecule has 0 spiro atoms. The van der Waals surface area contributed by atoms with E-state index in [1.807, 2.05) is 13.8 Å². The maximum Gasteiger partial charge on any atom is 0.269 e. The fourth-order valence-corrected chi connectivity index (χ4v) is 4.48. The van der Waals surface area contributed by atoms with Crippen LogP contribution in [0.5, 0.6) is 0 Å². The van der Waals surface area contributed by atoms with Crippen molar-refractivity contribution in [1.82, 2.24) is 9.97 Å². The van der Waals surface area contributed by atoms with E-state index in [9.17, 15) is 4.79 Å². The van der Waals surface area contributed by atoms with Crippen LogP contribution in [0.1, 0.15) is 94.7 Å². The molecule has 0 unspecified atom stereocenters. The fraction of sp³-hybridized carbons (Fsp3) is 0.583. The van der Waals surface area contributed by atoms with E-state index in [1.54, 1.807) is 24.2 Å². The lowest BCUT2D eigenvalue weighted by atomic mass is 9.71. The molecule has 1 atom stereocenters. The number of nitrogens with zero attached hydrogens (tertiary/aromatic N) is 1. The topological polar surface area (TPSA) is 45.8 Å². The van der Waals surface area contributed by atoms with Crippen molar-refractivity contribution in [1.29, 1.82) is 0 Å². The van der Waals surface area contributed by atoms with Crippen LogP contribution in [-0.4, -0.2) is 9.97 Å². The molecular formula is C24H36N2O. The van der Waals surface area contributed by atoms with Crippen molar-refractivity contribution in [3.63, 3.8) is 0 Å². The molecule has 1 heterocycles. The van der Waals surface area contributed by atoms with Gasteiger partial charge in [0.25, 0.3) is 5.56 Å². The Morgan fingerprint density at radius 3 is 2.33 bits per heavy atom. The standard InChI is InChI=1S/C16H24.C8H12N2O/c1-4-10-16(11-5-2)12-14-8-6-7-9-15(14)13(16)3;1-5(2)7-4-9-6(3)8(11)10-7/h6-9,13H,4-5,10-12H2,1-3H3;4-5H,1-3H3,(H,10,11)/t13-;/m1./s1. The lowest BCUT2D eigenvalue weighted by molar-refractivity contribution is 0.208. The fourth-order valence-electron chi connectivity index (χ4n) is 4.48. The Bertz CT molecular complexity index is 785. The normalized spacial score (nSPS) is 17.4. The van der Waals surface area contributed by atoms with Gasteiger partial charge in [0, 0.05) is 11.9 Å². The third-order valence-electron chi connectivity index (χ3n) is 6.08. The largest absolute Gasteiger partial charge is 0.323 e. The van der Waals surface area contributed by atoms with Crippen LogP contribution < -0.4 is 5.56 Å². The molecule has 0 aliphatic heterocycles. The predicted octanol–water partition coefficient (Wildman–Crippen LogP) is 6.13. The second kappa shape index (κ2) is 9.34. The molecule has 0 amide bonds. The van der Waals surface area contributed by atoms with Crippen LogP contribution in [0.2, 0.25) is 0 Å². The number of aromatic amines is 1. The number of aryl methyl sites for hydroxylation is 1. The highest BCUT2D eigenvalue weighted by Gasteiger charge is 2.41. The lowest BCUT2D eigenvalue weighted by Crippen LogP contribution is -2.24. The van der Waals surface area contributed by atoms with Gasteiger partial charge in [-0.15, -0.1) is 0 Å². The summed E-state index contributed by atoms with van der Waals surface area (Å²) < 4.78 is 0. The van der Waals surface area contributed by atoms with Gasteiger partial charge in [-0.1, -0.05) is 71.7 Å².